The lowest BCUT2D eigenvalue weighted by atomic mass is 9.96. The van der Waals surface area contributed by atoms with Crippen LogP contribution in [0, 0.1) is 0 Å². The fraction of sp³-hybridized carbons (Fsp3) is 0.125. The number of aliphatic imine (C=N–C) groups is 1. The topological polar surface area (TPSA) is 46.5 Å². The van der Waals surface area contributed by atoms with Gasteiger partial charge in [-0.25, -0.2) is 0 Å². The third-order valence-electron chi connectivity index (χ3n) is 1.65. The molecule has 2 rings (SSSR count). The summed E-state index contributed by atoms with van der Waals surface area (Å²) in [5.41, 5.74) is 1.09. The minimum absolute atomic E-state index is 0.0238. The van der Waals surface area contributed by atoms with E-state index in [1.54, 1.807) is 6.08 Å². The van der Waals surface area contributed by atoms with Crippen molar-refractivity contribution in [3.05, 3.63) is 23.9 Å². The van der Waals surface area contributed by atoms with Gasteiger partial charge in [-0.2, -0.15) is 0 Å². The molecule has 2 aliphatic rings. The van der Waals surface area contributed by atoms with Crippen LogP contribution in [-0.4, -0.2) is 17.3 Å². The highest BCUT2D eigenvalue weighted by Crippen LogP contribution is 2.16. The van der Waals surface area contributed by atoms with Crippen molar-refractivity contribution in [2.24, 2.45) is 4.99 Å². The monoisotopic (exact) mass is 147 g/mol. The Morgan fingerprint density at radius 2 is 2.18 bits per heavy atom. The number of hydrogen-bond donors (Lipinski definition) is 0. The molecule has 0 spiro atoms. The van der Waals surface area contributed by atoms with Gasteiger partial charge in [0.25, 0.3) is 0 Å². The maximum atomic E-state index is 11.1. The van der Waals surface area contributed by atoms with Crippen molar-refractivity contribution in [3.8, 4) is 0 Å². The molecule has 11 heavy (non-hydrogen) atoms. The highest BCUT2D eigenvalue weighted by atomic mass is 16.1. The van der Waals surface area contributed by atoms with Crippen LogP contribution in [0.3, 0.4) is 0 Å². The van der Waals surface area contributed by atoms with Crippen LogP contribution in [0.1, 0.15) is 6.42 Å². The molecule has 0 unspecified atom stereocenters. The average molecular weight is 147 g/mol. The Bertz CT molecular complexity index is 334. The molecule has 0 fully saturated rings. The molecule has 1 heterocycles. The maximum Gasteiger partial charge on any atom is 0.189 e. The van der Waals surface area contributed by atoms with E-state index in [0.29, 0.717) is 11.3 Å². The molecule has 0 N–H and O–H groups in total. The largest absolute Gasteiger partial charge is 0.294 e. The van der Waals surface area contributed by atoms with Crippen molar-refractivity contribution in [2.75, 3.05) is 0 Å². The van der Waals surface area contributed by atoms with E-state index in [4.69, 9.17) is 0 Å². The molecule has 0 amide bonds. The number of rotatable bonds is 0. The van der Waals surface area contributed by atoms with Gasteiger partial charge in [0.05, 0.1) is 6.42 Å². The van der Waals surface area contributed by atoms with Gasteiger partial charge < -0.3 is 0 Å². The highest BCUT2D eigenvalue weighted by Gasteiger charge is 2.24. The van der Waals surface area contributed by atoms with Crippen LogP contribution in [0.25, 0.3) is 0 Å². The molecule has 3 heteroatoms. The van der Waals surface area contributed by atoms with Gasteiger partial charge in [0.1, 0.15) is 5.71 Å². The molecule has 0 radical (unpaired) electrons. The smallest absolute Gasteiger partial charge is 0.189 e. The Morgan fingerprint density at radius 3 is 3.00 bits per heavy atom. The number of ketones is 2. The SMILES string of the molecule is O=C1C=C2C=CN=C2C(=O)C1. The molecule has 0 aromatic carbocycles. The third kappa shape index (κ3) is 0.852. The molecule has 0 bridgehead atoms. The van der Waals surface area contributed by atoms with Crippen molar-refractivity contribution < 1.29 is 9.59 Å². The quantitative estimate of drug-likeness (QED) is 0.466. The lowest BCUT2D eigenvalue weighted by Gasteiger charge is -2.05. The minimum atomic E-state index is -0.169. The van der Waals surface area contributed by atoms with Crippen LogP contribution < -0.4 is 0 Å². The number of carbonyl (C=O) groups is 2. The van der Waals surface area contributed by atoms with Crippen molar-refractivity contribution >= 4 is 17.3 Å². The fourth-order valence-electron chi connectivity index (χ4n) is 1.16. The van der Waals surface area contributed by atoms with Crippen molar-refractivity contribution in [1.29, 1.82) is 0 Å². The summed E-state index contributed by atoms with van der Waals surface area (Å²) in [6.45, 7) is 0. The van der Waals surface area contributed by atoms with Crippen molar-refractivity contribution in [2.45, 2.75) is 6.42 Å². The van der Waals surface area contributed by atoms with Crippen LogP contribution in [0.2, 0.25) is 0 Å². The molecular weight excluding hydrogens is 142 g/mol. The Morgan fingerprint density at radius 1 is 1.36 bits per heavy atom. The molecule has 1 aliphatic heterocycles. The normalized spacial score (nSPS) is 21.5. The molecule has 0 aromatic rings. The van der Waals surface area contributed by atoms with E-state index in [-0.39, 0.29) is 18.0 Å². The zero-order chi connectivity index (χ0) is 7.84. The van der Waals surface area contributed by atoms with E-state index in [2.05, 4.69) is 4.99 Å². The lowest BCUT2D eigenvalue weighted by Crippen LogP contribution is -2.22. The van der Waals surface area contributed by atoms with Crippen molar-refractivity contribution in [3.63, 3.8) is 0 Å². The first-order chi connectivity index (χ1) is 5.27. The summed E-state index contributed by atoms with van der Waals surface area (Å²) in [5.74, 6) is -0.298. The molecule has 0 saturated heterocycles. The Hall–Kier alpha value is -1.51. The lowest BCUT2D eigenvalue weighted by molar-refractivity contribution is -0.121. The Kier molecular flexibility index (Phi) is 1.12. The first-order valence-corrected chi connectivity index (χ1v) is 3.30. The number of Topliss-reactive ketones (excluding diaryl/α,β-unsaturated/α-hetero) is 1. The first-order valence-electron chi connectivity index (χ1n) is 3.30. The molecule has 3 nitrogen and oxygen atoms in total. The average Bonchev–Trinajstić information content (AvgIpc) is 2.34. The zero-order valence-corrected chi connectivity index (χ0v) is 5.70. The summed E-state index contributed by atoms with van der Waals surface area (Å²) in [5, 5.41) is 0. The zero-order valence-electron chi connectivity index (χ0n) is 5.70. The maximum absolute atomic E-state index is 11.1. The van der Waals surface area contributed by atoms with Crippen LogP contribution in [0.15, 0.2) is 28.9 Å². The molecule has 0 atom stereocenters. The number of carbonyl (C=O) groups excluding carboxylic acids is 2. The van der Waals surface area contributed by atoms with Crippen LogP contribution >= 0.6 is 0 Å². The highest BCUT2D eigenvalue weighted by molar-refractivity contribution is 6.52. The van der Waals surface area contributed by atoms with Gasteiger partial charge in [0.2, 0.25) is 0 Å². The second-order valence-electron chi connectivity index (χ2n) is 2.46. The first kappa shape index (κ1) is 6.22. The molecular formula is C8H5NO2. The predicted octanol–water partition coefficient (Wildman–Crippen LogP) is 0.423. The molecule has 1 aliphatic carbocycles. The number of hydrogen-bond acceptors (Lipinski definition) is 3. The van der Waals surface area contributed by atoms with Gasteiger partial charge in [-0.3, -0.25) is 14.6 Å². The van der Waals surface area contributed by atoms with Crippen molar-refractivity contribution in [1.82, 2.24) is 0 Å². The second-order valence-corrected chi connectivity index (χ2v) is 2.46. The van der Waals surface area contributed by atoms with E-state index >= 15 is 0 Å². The van der Waals surface area contributed by atoms with Gasteiger partial charge in [-0.15, -0.1) is 0 Å². The molecule has 0 aromatic heterocycles. The van der Waals surface area contributed by atoms with Gasteiger partial charge in [-0.1, -0.05) is 0 Å². The summed E-state index contributed by atoms with van der Waals surface area (Å²) in [4.78, 5) is 25.7. The number of nitrogens with zero attached hydrogens (tertiary/aromatic N) is 1. The van der Waals surface area contributed by atoms with Gasteiger partial charge in [0.15, 0.2) is 11.6 Å². The van der Waals surface area contributed by atoms with E-state index < -0.39 is 0 Å². The van der Waals surface area contributed by atoms with Crippen LogP contribution in [0.5, 0.6) is 0 Å². The summed E-state index contributed by atoms with van der Waals surface area (Å²) < 4.78 is 0. The summed E-state index contributed by atoms with van der Waals surface area (Å²) in [6.07, 6.45) is 4.65. The van der Waals surface area contributed by atoms with Crippen LogP contribution in [0.4, 0.5) is 0 Å². The summed E-state index contributed by atoms with van der Waals surface area (Å²) in [6, 6.07) is 0. The van der Waals surface area contributed by atoms with E-state index in [1.165, 1.54) is 12.3 Å². The predicted molar refractivity (Wildman–Crippen MR) is 39.3 cm³/mol. The summed E-state index contributed by atoms with van der Waals surface area (Å²) >= 11 is 0. The third-order valence-corrected chi connectivity index (χ3v) is 1.65. The van der Waals surface area contributed by atoms with Gasteiger partial charge in [0, 0.05) is 11.8 Å². The fourth-order valence-corrected chi connectivity index (χ4v) is 1.16. The number of fused-ring (bicyclic) bond motifs is 1. The molecule has 0 saturated carbocycles. The van der Waals surface area contributed by atoms with E-state index in [0.717, 1.165) is 0 Å². The number of allylic oxidation sites excluding steroid dienone is 3. The minimum Gasteiger partial charge on any atom is -0.294 e. The Labute approximate surface area is 63.1 Å². The molecule has 54 valence electrons. The Balaban J connectivity index is 2.53. The van der Waals surface area contributed by atoms with Gasteiger partial charge >= 0.3 is 0 Å². The standard InChI is InChI=1S/C8H5NO2/c10-6-3-5-1-2-9-8(5)7(11)4-6/h1-3H,4H2. The van der Waals surface area contributed by atoms with Gasteiger partial charge in [-0.05, 0) is 12.2 Å². The van der Waals surface area contributed by atoms with E-state index in [1.807, 2.05) is 0 Å². The van der Waals surface area contributed by atoms with E-state index in [9.17, 15) is 9.59 Å². The van der Waals surface area contributed by atoms with Crippen LogP contribution in [-0.2, 0) is 9.59 Å². The summed E-state index contributed by atoms with van der Waals surface area (Å²) in [7, 11) is 0. The second kappa shape index (κ2) is 1.99.